The van der Waals surface area contributed by atoms with Gasteiger partial charge in [-0.3, -0.25) is 0 Å². The third kappa shape index (κ3) is 5.42. The van der Waals surface area contributed by atoms with Gasteiger partial charge in [0.2, 0.25) is 0 Å². The van der Waals surface area contributed by atoms with E-state index in [9.17, 15) is 9.59 Å². The number of hydrogen-bond donors (Lipinski definition) is 3. The molecule has 0 bridgehead atoms. The number of unbranched alkanes of at least 4 members (excludes halogenated alkanes) is 1. The van der Waals surface area contributed by atoms with Crippen LogP contribution in [0.1, 0.15) is 35.7 Å². The van der Waals surface area contributed by atoms with E-state index in [1.165, 1.54) is 0 Å². The number of hydrogen-bond acceptors (Lipinski definition) is 2. The summed E-state index contributed by atoms with van der Waals surface area (Å²) in [6.45, 7) is 3.14. The number of carbonyl (C=O) groups excluding carboxylic acids is 1. The lowest BCUT2D eigenvalue weighted by Crippen LogP contribution is -2.37. The smallest absolute Gasteiger partial charge is 0.335 e. The van der Waals surface area contributed by atoms with Gasteiger partial charge in [-0.15, -0.1) is 0 Å². The summed E-state index contributed by atoms with van der Waals surface area (Å²) in [5.74, 6) is -0.942. The number of rotatable bonds is 7. The van der Waals surface area contributed by atoms with Crippen molar-refractivity contribution in [3.63, 3.8) is 0 Å². The Morgan fingerprint density at radius 2 is 1.84 bits per heavy atom. The van der Waals surface area contributed by atoms with Crippen molar-refractivity contribution in [3.05, 3.63) is 35.4 Å². The summed E-state index contributed by atoms with van der Waals surface area (Å²) >= 11 is 0. The Labute approximate surface area is 113 Å². The molecule has 19 heavy (non-hydrogen) atoms. The van der Waals surface area contributed by atoms with Gasteiger partial charge in [-0.05, 0) is 24.5 Å². The molecule has 3 N–H and O–H groups in total. The van der Waals surface area contributed by atoms with Gasteiger partial charge in [0, 0.05) is 13.1 Å². The molecule has 0 saturated heterocycles. The molecule has 5 heteroatoms. The van der Waals surface area contributed by atoms with Crippen molar-refractivity contribution in [1.82, 2.24) is 10.6 Å². The number of nitrogens with one attached hydrogen (secondary N) is 2. The third-order valence-electron chi connectivity index (χ3n) is 2.74. The van der Waals surface area contributed by atoms with Gasteiger partial charge in [0.1, 0.15) is 0 Å². The summed E-state index contributed by atoms with van der Waals surface area (Å²) < 4.78 is 0. The molecule has 0 atom stereocenters. The lowest BCUT2D eigenvalue weighted by Gasteiger charge is -2.08. The highest BCUT2D eigenvalue weighted by atomic mass is 16.4. The number of aromatic carboxylic acids is 1. The zero-order valence-electron chi connectivity index (χ0n) is 11.1. The number of carbonyl (C=O) groups is 2. The quantitative estimate of drug-likeness (QED) is 0.659. The van der Waals surface area contributed by atoms with E-state index in [-0.39, 0.29) is 11.6 Å². The number of carboxylic acid groups (broad SMARTS) is 1. The maximum Gasteiger partial charge on any atom is 0.335 e. The molecule has 1 aromatic carbocycles. The van der Waals surface area contributed by atoms with Crippen LogP contribution in [0.15, 0.2) is 24.3 Å². The fraction of sp³-hybridized carbons (Fsp3) is 0.429. The highest BCUT2D eigenvalue weighted by Gasteiger charge is 2.08. The Bertz CT molecular complexity index is 432. The van der Waals surface area contributed by atoms with E-state index in [4.69, 9.17) is 5.11 Å². The highest BCUT2D eigenvalue weighted by Crippen LogP contribution is 2.08. The van der Waals surface area contributed by atoms with Gasteiger partial charge < -0.3 is 15.7 Å². The van der Waals surface area contributed by atoms with Crippen LogP contribution in [0.25, 0.3) is 0 Å². The van der Waals surface area contributed by atoms with E-state index in [0.717, 1.165) is 18.4 Å². The van der Waals surface area contributed by atoms with Crippen LogP contribution in [0, 0.1) is 0 Å². The van der Waals surface area contributed by atoms with E-state index >= 15 is 0 Å². The second kappa shape index (κ2) is 8.13. The first-order valence-electron chi connectivity index (χ1n) is 6.48. The summed E-state index contributed by atoms with van der Waals surface area (Å²) in [5, 5.41) is 14.5. The summed E-state index contributed by atoms with van der Waals surface area (Å²) in [6, 6.07) is 6.61. The molecule has 0 aliphatic rings. The van der Waals surface area contributed by atoms with Crippen molar-refractivity contribution in [1.29, 1.82) is 0 Å². The number of benzene rings is 1. The molecule has 0 aliphatic carbocycles. The lowest BCUT2D eigenvalue weighted by molar-refractivity contribution is 0.0695. The van der Waals surface area contributed by atoms with Gasteiger partial charge in [-0.2, -0.15) is 0 Å². The molecule has 1 rings (SSSR count). The Hall–Kier alpha value is -2.04. The van der Waals surface area contributed by atoms with Crippen molar-refractivity contribution in [2.45, 2.75) is 26.2 Å². The Kier molecular flexibility index (Phi) is 6.43. The molecule has 0 heterocycles. The SMILES string of the molecule is CCCCNC(=O)NCCc1ccccc1C(=O)O. The maximum absolute atomic E-state index is 11.4. The number of carboxylic acids is 1. The van der Waals surface area contributed by atoms with Gasteiger partial charge in [0.05, 0.1) is 5.56 Å². The summed E-state index contributed by atoms with van der Waals surface area (Å²) in [4.78, 5) is 22.4. The van der Waals surface area contributed by atoms with E-state index in [0.29, 0.717) is 19.5 Å². The van der Waals surface area contributed by atoms with Crippen molar-refractivity contribution >= 4 is 12.0 Å². The fourth-order valence-corrected chi connectivity index (χ4v) is 1.70. The van der Waals surface area contributed by atoms with Crippen LogP contribution in [0.5, 0.6) is 0 Å². The second-order valence-corrected chi connectivity index (χ2v) is 4.25. The van der Waals surface area contributed by atoms with Crippen LogP contribution in [-0.4, -0.2) is 30.2 Å². The Morgan fingerprint density at radius 3 is 2.53 bits per heavy atom. The first-order valence-corrected chi connectivity index (χ1v) is 6.48. The van der Waals surface area contributed by atoms with Crippen LogP contribution in [0.2, 0.25) is 0 Å². The van der Waals surface area contributed by atoms with Gasteiger partial charge in [-0.25, -0.2) is 9.59 Å². The molecule has 0 fully saturated rings. The van der Waals surface area contributed by atoms with E-state index in [1.807, 2.05) is 0 Å². The van der Waals surface area contributed by atoms with Crippen molar-refractivity contribution in [2.75, 3.05) is 13.1 Å². The summed E-state index contributed by atoms with van der Waals surface area (Å²) in [7, 11) is 0. The van der Waals surface area contributed by atoms with Gasteiger partial charge >= 0.3 is 12.0 Å². The van der Waals surface area contributed by atoms with Crippen molar-refractivity contribution in [2.24, 2.45) is 0 Å². The standard InChI is InChI=1S/C14H20N2O3/c1-2-3-9-15-14(19)16-10-8-11-6-4-5-7-12(11)13(17)18/h4-7H,2-3,8-10H2,1H3,(H,17,18)(H2,15,16,19). The number of amides is 2. The minimum absolute atomic E-state index is 0.207. The fourth-order valence-electron chi connectivity index (χ4n) is 1.70. The minimum atomic E-state index is -0.942. The molecular formula is C14H20N2O3. The molecule has 0 spiro atoms. The lowest BCUT2D eigenvalue weighted by atomic mass is 10.0. The molecule has 5 nitrogen and oxygen atoms in total. The van der Waals surface area contributed by atoms with E-state index in [2.05, 4.69) is 17.6 Å². The topological polar surface area (TPSA) is 78.4 Å². The predicted molar refractivity (Wildman–Crippen MR) is 73.4 cm³/mol. The summed E-state index contributed by atoms with van der Waals surface area (Å²) in [6.07, 6.45) is 2.49. The highest BCUT2D eigenvalue weighted by molar-refractivity contribution is 5.89. The number of urea groups is 1. The van der Waals surface area contributed by atoms with Crippen molar-refractivity contribution < 1.29 is 14.7 Å². The van der Waals surface area contributed by atoms with E-state index < -0.39 is 5.97 Å². The first kappa shape index (κ1) is 15.0. The second-order valence-electron chi connectivity index (χ2n) is 4.25. The largest absolute Gasteiger partial charge is 0.478 e. The molecule has 0 saturated carbocycles. The molecular weight excluding hydrogens is 244 g/mol. The molecule has 0 unspecified atom stereocenters. The maximum atomic E-state index is 11.4. The normalized spacial score (nSPS) is 9.95. The van der Waals surface area contributed by atoms with E-state index in [1.54, 1.807) is 24.3 Å². The molecule has 0 aliphatic heterocycles. The van der Waals surface area contributed by atoms with Crippen LogP contribution < -0.4 is 10.6 Å². The van der Waals surface area contributed by atoms with Crippen LogP contribution in [0.3, 0.4) is 0 Å². The van der Waals surface area contributed by atoms with Crippen LogP contribution in [-0.2, 0) is 6.42 Å². The first-order chi connectivity index (χ1) is 9.15. The molecule has 0 aromatic heterocycles. The Morgan fingerprint density at radius 1 is 1.16 bits per heavy atom. The van der Waals surface area contributed by atoms with Crippen LogP contribution >= 0.6 is 0 Å². The molecule has 104 valence electrons. The zero-order chi connectivity index (χ0) is 14.1. The van der Waals surface area contributed by atoms with Gasteiger partial charge in [0.15, 0.2) is 0 Å². The average molecular weight is 264 g/mol. The van der Waals surface area contributed by atoms with Crippen LogP contribution in [0.4, 0.5) is 4.79 Å². The summed E-state index contributed by atoms with van der Waals surface area (Å²) in [5.41, 5.74) is 1.01. The molecule has 1 aromatic rings. The monoisotopic (exact) mass is 264 g/mol. The Balaban J connectivity index is 2.37. The minimum Gasteiger partial charge on any atom is -0.478 e. The van der Waals surface area contributed by atoms with Crippen molar-refractivity contribution in [3.8, 4) is 0 Å². The zero-order valence-corrected chi connectivity index (χ0v) is 11.1. The predicted octanol–water partition coefficient (Wildman–Crippen LogP) is 2.03. The molecule has 2 amide bonds. The molecule has 0 radical (unpaired) electrons. The third-order valence-corrected chi connectivity index (χ3v) is 2.74. The van der Waals surface area contributed by atoms with Gasteiger partial charge in [0.25, 0.3) is 0 Å². The average Bonchev–Trinajstić information content (AvgIpc) is 2.39. The van der Waals surface area contributed by atoms with Gasteiger partial charge in [-0.1, -0.05) is 31.5 Å².